The molecule has 0 spiro atoms. The minimum absolute atomic E-state index is 0.0181. The van der Waals surface area contributed by atoms with Crippen LogP contribution in [0.4, 0.5) is 22.7 Å². The number of carbonyl (C=O) groups excluding carboxylic acids is 2. The SMILES string of the molecule is CNc1ccc(Oc2cccc(Oc3ccc(NCC(=O)C4CC(C(C)=O)C(C(=O)O)CC4C(=O)O)cc3)c2)cc1.Nc1ccc(Oc2cccc(Oc3ccc(N)cc3)c2)cc1.O=c1oc(=O)c2cc3c(=O)oc(=O)c3cc12. The van der Waals surface area contributed by atoms with E-state index in [0.29, 0.717) is 51.6 Å². The minimum atomic E-state index is -1.24. The molecule has 7 aromatic carbocycles. The summed E-state index contributed by atoms with van der Waals surface area (Å²) in [5.74, 6) is -2.07. The van der Waals surface area contributed by atoms with Crippen LogP contribution < -0.4 is 63.6 Å². The van der Waals surface area contributed by atoms with Crippen LogP contribution in [0.1, 0.15) is 19.8 Å². The molecule has 9 aromatic rings. The molecular weight excluding hydrogens is 1020 g/mol. The number of carboxylic acid groups (broad SMARTS) is 2. The second-order valence-electron chi connectivity index (χ2n) is 18.1. The number of fused-ring (bicyclic) bond motifs is 2. The number of carboxylic acids is 2. The molecule has 20 nitrogen and oxygen atoms in total. The summed E-state index contributed by atoms with van der Waals surface area (Å²) in [4.78, 5) is 93.3. The van der Waals surface area contributed by atoms with Crippen LogP contribution in [-0.4, -0.2) is 47.3 Å². The van der Waals surface area contributed by atoms with Crippen LogP contribution in [0.25, 0.3) is 21.5 Å². The van der Waals surface area contributed by atoms with Gasteiger partial charge in [0.15, 0.2) is 5.78 Å². The van der Waals surface area contributed by atoms with E-state index in [9.17, 15) is 48.6 Å². The average molecular weight is 1070 g/mol. The smallest absolute Gasteiger partial charge is 0.346 e. The fourth-order valence-corrected chi connectivity index (χ4v) is 8.69. The van der Waals surface area contributed by atoms with E-state index in [1.165, 1.54) is 6.92 Å². The highest BCUT2D eigenvalue weighted by Crippen LogP contribution is 2.40. The molecule has 1 aliphatic carbocycles. The first kappa shape index (κ1) is 54.8. The first-order valence-corrected chi connectivity index (χ1v) is 24.4. The van der Waals surface area contributed by atoms with Crippen LogP contribution in [0.15, 0.2) is 186 Å². The molecule has 4 atom stereocenters. The molecule has 402 valence electrons. The van der Waals surface area contributed by atoms with Gasteiger partial charge in [0.05, 0.1) is 39.9 Å². The van der Waals surface area contributed by atoms with E-state index in [1.54, 1.807) is 60.7 Å². The summed E-state index contributed by atoms with van der Waals surface area (Å²) >= 11 is 0. The molecule has 8 N–H and O–H groups in total. The van der Waals surface area contributed by atoms with Crippen molar-refractivity contribution in [2.24, 2.45) is 23.7 Å². The number of ketones is 2. The van der Waals surface area contributed by atoms with E-state index >= 15 is 0 Å². The number of benzene rings is 7. The number of hydrogen-bond acceptors (Lipinski definition) is 18. The quantitative estimate of drug-likeness (QED) is 0.0491. The number of Topliss-reactive ketones (excluding diaryl/α,β-unsaturated/α-hetero) is 2. The van der Waals surface area contributed by atoms with Crippen molar-refractivity contribution in [1.29, 1.82) is 0 Å². The summed E-state index contributed by atoms with van der Waals surface area (Å²) in [5, 5.41) is 25.1. The second kappa shape index (κ2) is 24.4. The van der Waals surface area contributed by atoms with Crippen molar-refractivity contribution in [3.63, 3.8) is 0 Å². The third-order valence-electron chi connectivity index (χ3n) is 12.7. The van der Waals surface area contributed by atoms with Gasteiger partial charge in [0.25, 0.3) is 0 Å². The van der Waals surface area contributed by atoms with E-state index < -0.39 is 58.1 Å². The number of ether oxygens (including phenoxy) is 4. The highest BCUT2D eigenvalue weighted by atomic mass is 16.5. The van der Waals surface area contributed by atoms with Gasteiger partial charge in [-0.2, -0.15) is 0 Å². The Morgan fingerprint density at radius 1 is 0.468 bits per heavy atom. The van der Waals surface area contributed by atoms with Gasteiger partial charge in [-0.15, -0.1) is 0 Å². The number of nitrogens with two attached hydrogens (primary N) is 2. The van der Waals surface area contributed by atoms with Crippen LogP contribution >= 0.6 is 0 Å². The molecule has 0 bridgehead atoms. The van der Waals surface area contributed by atoms with Crippen LogP contribution in [0.3, 0.4) is 0 Å². The fraction of sp³-hybridized carbons (Fsp3) is 0.153. The van der Waals surface area contributed by atoms with Crippen molar-refractivity contribution < 1.29 is 57.2 Å². The van der Waals surface area contributed by atoms with Gasteiger partial charge in [-0.3, -0.25) is 19.2 Å². The van der Waals surface area contributed by atoms with E-state index in [1.807, 2.05) is 92.0 Å². The van der Waals surface area contributed by atoms with Gasteiger partial charge >= 0.3 is 34.4 Å². The van der Waals surface area contributed by atoms with Crippen molar-refractivity contribution in [2.75, 3.05) is 35.7 Å². The van der Waals surface area contributed by atoms with Gasteiger partial charge < -0.3 is 60.1 Å². The number of carbonyl (C=O) groups is 4. The molecule has 79 heavy (non-hydrogen) atoms. The molecule has 1 saturated carbocycles. The fourth-order valence-electron chi connectivity index (χ4n) is 8.69. The Morgan fingerprint density at radius 2 is 0.797 bits per heavy atom. The summed E-state index contributed by atoms with van der Waals surface area (Å²) < 4.78 is 32.1. The van der Waals surface area contributed by atoms with Crippen molar-refractivity contribution in [1.82, 2.24) is 0 Å². The summed E-state index contributed by atoms with van der Waals surface area (Å²) in [6, 6.07) is 45.8. The zero-order valence-corrected chi connectivity index (χ0v) is 42.2. The Labute approximate surface area is 448 Å². The predicted molar refractivity (Wildman–Crippen MR) is 293 cm³/mol. The highest BCUT2D eigenvalue weighted by Gasteiger charge is 2.47. The summed E-state index contributed by atoms with van der Waals surface area (Å²) in [7, 11) is 1.84. The zero-order chi connectivity index (χ0) is 56.3. The zero-order valence-electron chi connectivity index (χ0n) is 42.2. The molecule has 1 fully saturated rings. The highest BCUT2D eigenvalue weighted by molar-refractivity contribution is 5.97. The Hall–Kier alpha value is -10.5. The van der Waals surface area contributed by atoms with Crippen LogP contribution in [0.2, 0.25) is 0 Å². The van der Waals surface area contributed by atoms with Gasteiger partial charge in [-0.1, -0.05) is 12.1 Å². The molecule has 0 aliphatic heterocycles. The summed E-state index contributed by atoms with van der Waals surface area (Å²) in [5.41, 5.74) is 11.0. The molecular formula is C59H50N4O16. The van der Waals surface area contributed by atoms with Crippen molar-refractivity contribution in [3.8, 4) is 46.0 Å². The molecule has 1 aliphatic rings. The molecule has 10 rings (SSSR count). The number of aliphatic carboxylic acids is 2. The maximum absolute atomic E-state index is 13.0. The normalized spacial score (nSPS) is 15.5. The molecule has 4 unspecified atom stereocenters. The Morgan fingerprint density at radius 3 is 1.14 bits per heavy atom. The molecule has 0 radical (unpaired) electrons. The number of rotatable bonds is 16. The Balaban J connectivity index is 0.000000178. The maximum Gasteiger partial charge on any atom is 0.346 e. The summed E-state index contributed by atoms with van der Waals surface area (Å²) in [6.07, 6.45) is -0.354. The Bertz CT molecular complexity index is 3660. The minimum Gasteiger partial charge on any atom is -0.481 e. The molecule has 20 heteroatoms. The standard InChI is InChI=1S/C31H32N2O8.C18H16N2O2.C10H2O6/c1-18(34)25-15-26(28(31(38)39)16-27(25)30(36)37)29(35)17-33-20-8-12-22(13-9-20)41-24-5-3-4-23(14-24)40-21-10-6-19(32-2)7-11-21;19-13-4-8-15(9-5-13)21-17-2-1-3-18(12-17)22-16-10-6-14(20)7-11-16;11-7-3-1-4-6(10(14)16-8(4)12)2-5(3)9(13)15-7/h3-14,25-28,32-33H,15-17H2,1-2H3,(H,36,37)(H,38,39);1-12H,19-20H2;1-2H. The molecule has 0 saturated heterocycles. The average Bonchev–Trinajstić information content (AvgIpc) is 3.95. The van der Waals surface area contributed by atoms with Gasteiger partial charge in [-0.25, -0.2) is 19.2 Å². The lowest BCUT2D eigenvalue weighted by Crippen LogP contribution is -2.45. The van der Waals surface area contributed by atoms with Gasteiger partial charge in [-0.05, 0) is 153 Å². The lowest BCUT2D eigenvalue weighted by atomic mass is 9.65. The monoisotopic (exact) mass is 1070 g/mol. The lowest BCUT2D eigenvalue weighted by molar-refractivity contribution is -0.158. The predicted octanol–water partition coefficient (Wildman–Crippen LogP) is 9.24. The number of anilines is 4. The van der Waals surface area contributed by atoms with Gasteiger partial charge in [0.1, 0.15) is 51.8 Å². The van der Waals surface area contributed by atoms with E-state index in [4.69, 9.17) is 30.4 Å². The van der Waals surface area contributed by atoms with Crippen molar-refractivity contribution >= 4 is 67.8 Å². The van der Waals surface area contributed by atoms with Crippen LogP contribution in [-0.2, 0) is 19.2 Å². The molecule has 2 heterocycles. The molecule has 0 amide bonds. The number of nitrogens with one attached hydrogen (secondary N) is 2. The van der Waals surface area contributed by atoms with Crippen LogP contribution in [0.5, 0.6) is 46.0 Å². The summed E-state index contributed by atoms with van der Waals surface area (Å²) in [6.45, 7) is 1.11. The van der Waals surface area contributed by atoms with Crippen LogP contribution in [0, 0.1) is 23.7 Å². The van der Waals surface area contributed by atoms with Gasteiger partial charge in [0, 0.05) is 53.8 Å². The van der Waals surface area contributed by atoms with Crippen molar-refractivity contribution in [3.05, 3.63) is 199 Å². The third-order valence-corrected chi connectivity index (χ3v) is 12.7. The number of furan rings is 2. The Kier molecular flexibility index (Phi) is 16.9. The molecule has 2 aromatic heterocycles. The first-order valence-electron chi connectivity index (χ1n) is 24.4. The first-order chi connectivity index (χ1) is 37.9. The van der Waals surface area contributed by atoms with Crippen molar-refractivity contribution in [2.45, 2.75) is 19.8 Å². The third kappa shape index (κ3) is 13.9. The van der Waals surface area contributed by atoms with Gasteiger partial charge in [0.2, 0.25) is 0 Å². The topological polar surface area (TPSA) is 316 Å². The maximum atomic E-state index is 13.0. The van der Waals surface area contributed by atoms with E-state index in [2.05, 4.69) is 19.5 Å². The number of nitrogen functional groups attached to an aromatic ring is 2. The largest absolute Gasteiger partial charge is 0.481 e. The van der Waals surface area contributed by atoms with E-state index in [0.717, 1.165) is 29.3 Å². The lowest BCUT2D eigenvalue weighted by Gasteiger charge is -2.36. The second-order valence-corrected chi connectivity index (χ2v) is 18.1. The number of hydrogen-bond donors (Lipinski definition) is 6. The van der Waals surface area contributed by atoms with E-state index in [-0.39, 0.29) is 52.5 Å².